The number of thioether (sulfide) groups is 2. The predicted molar refractivity (Wildman–Crippen MR) is 68.9 cm³/mol. The molecule has 0 aliphatic heterocycles. The molecule has 7 nitrogen and oxygen atoms in total. The molecule has 0 atom stereocenters. The first-order valence-electron chi connectivity index (χ1n) is 4.51. The van der Waals surface area contributed by atoms with Crippen LogP contribution in [0.25, 0.3) is 0 Å². The lowest BCUT2D eigenvalue weighted by Gasteiger charge is -2.20. The number of carboxylic acids is 2. The maximum Gasteiger partial charge on any atom is 0.414 e. The van der Waals surface area contributed by atoms with Crippen LogP contribution in [0.3, 0.4) is 0 Å². The molecule has 0 aromatic heterocycles. The van der Waals surface area contributed by atoms with Crippen molar-refractivity contribution in [1.29, 1.82) is 10.5 Å². The van der Waals surface area contributed by atoms with Gasteiger partial charge in [0.15, 0.2) is 0 Å². The first-order valence-corrected chi connectivity index (χ1v) is 6.48. The van der Waals surface area contributed by atoms with Gasteiger partial charge >= 0.3 is 11.9 Å². The average molecular weight is 291 g/mol. The third-order valence-corrected chi connectivity index (χ3v) is 2.95. The highest BCUT2D eigenvalue weighted by molar-refractivity contribution is 8.04. The number of hydrogen-bond acceptors (Lipinski definition) is 7. The van der Waals surface area contributed by atoms with Crippen LogP contribution in [0.1, 0.15) is 0 Å². The third kappa shape index (κ3) is 12.6. The number of thiocyanates is 2. The second kappa shape index (κ2) is 12.0. The Morgan fingerprint density at radius 1 is 1.11 bits per heavy atom. The second-order valence-corrected chi connectivity index (χ2v) is 4.64. The number of aliphatic carboxylic acids is 2. The van der Waals surface area contributed by atoms with E-state index in [9.17, 15) is 0 Å². The molecule has 0 aliphatic rings. The third-order valence-electron chi connectivity index (χ3n) is 1.59. The Morgan fingerprint density at radius 2 is 1.44 bits per heavy atom. The topological polar surface area (TPSA) is 125 Å². The van der Waals surface area contributed by atoms with Crippen LogP contribution < -0.4 is 0 Å². The smallest absolute Gasteiger partial charge is 0.414 e. The Kier molecular flexibility index (Phi) is 12.7. The van der Waals surface area contributed by atoms with Crippen molar-refractivity contribution in [3.8, 4) is 10.8 Å². The lowest BCUT2D eigenvalue weighted by molar-refractivity contribution is -0.159. The average Bonchev–Trinajstić information content (AvgIpc) is 2.29. The van der Waals surface area contributed by atoms with E-state index >= 15 is 0 Å². The number of nitriles is 2. The molecule has 0 fully saturated rings. The summed E-state index contributed by atoms with van der Waals surface area (Å²) in [5.74, 6) is -2.12. The normalized spacial score (nSPS) is 9.00. The molecule has 0 aliphatic carbocycles. The number of rotatable bonds is 5. The van der Waals surface area contributed by atoms with Crippen LogP contribution in [-0.4, -0.2) is 58.7 Å². The molecule has 0 rings (SSSR count). The van der Waals surface area contributed by atoms with Gasteiger partial charge in [-0.1, -0.05) is 0 Å². The van der Waals surface area contributed by atoms with Crippen molar-refractivity contribution in [1.82, 2.24) is 4.90 Å². The van der Waals surface area contributed by atoms with Crippen LogP contribution in [-0.2, 0) is 9.59 Å². The van der Waals surface area contributed by atoms with Gasteiger partial charge in [0.2, 0.25) is 0 Å². The van der Waals surface area contributed by atoms with E-state index in [-0.39, 0.29) is 0 Å². The highest BCUT2D eigenvalue weighted by Crippen LogP contribution is 2.10. The molecule has 0 heterocycles. The van der Waals surface area contributed by atoms with Crippen LogP contribution in [0, 0.1) is 21.3 Å². The van der Waals surface area contributed by atoms with Crippen molar-refractivity contribution in [3.63, 3.8) is 0 Å². The molecule has 0 radical (unpaired) electrons. The quantitative estimate of drug-likeness (QED) is 0.550. The molecule has 100 valence electrons. The fourth-order valence-corrected chi connectivity index (χ4v) is 2.13. The van der Waals surface area contributed by atoms with Crippen molar-refractivity contribution < 1.29 is 19.8 Å². The van der Waals surface area contributed by atoms with Gasteiger partial charge in [-0.3, -0.25) is 0 Å². The first kappa shape index (κ1) is 18.9. The zero-order valence-electron chi connectivity index (χ0n) is 9.86. The van der Waals surface area contributed by atoms with E-state index in [0.717, 1.165) is 11.5 Å². The van der Waals surface area contributed by atoms with Gasteiger partial charge in [0.05, 0.1) is 0 Å². The van der Waals surface area contributed by atoms with E-state index in [2.05, 4.69) is 0 Å². The van der Waals surface area contributed by atoms with Gasteiger partial charge in [0.1, 0.15) is 10.8 Å². The van der Waals surface area contributed by atoms with Crippen LogP contribution in [0.4, 0.5) is 0 Å². The van der Waals surface area contributed by atoms with Crippen LogP contribution in [0.2, 0.25) is 0 Å². The Hall–Kier alpha value is -1.42. The van der Waals surface area contributed by atoms with Crippen molar-refractivity contribution in [2.75, 3.05) is 25.6 Å². The highest BCUT2D eigenvalue weighted by atomic mass is 32.2. The largest absolute Gasteiger partial charge is 0.473 e. The Balaban J connectivity index is 0. The zero-order valence-corrected chi connectivity index (χ0v) is 11.5. The Morgan fingerprint density at radius 3 is 1.61 bits per heavy atom. The van der Waals surface area contributed by atoms with Gasteiger partial charge in [-0.15, -0.1) is 0 Å². The molecule has 18 heavy (non-hydrogen) atoms. The molecule has 0 unspecified atom stereocenters. The molecular formula is C9H13N3O4S2. The summed E-state index contributed by atoms with van der Waals surface area (Å²) in [5.41, 5.74) is 0. The van der Waals surface area contributed by atoms with E-state index < -0.39 is 11.9 Å². The molecular weight excluding hydrogens is 278 g/mol. The van der Waals surface area contributed by atoms with Gasteiger partial charge in [-0.25, -0.2) is 9.59 Å². The highest BCUT2D eigenvalue weighted by Gasteiger charge is 2.10. The summed E-state index contributed by atoms with van der Waals surface area (Å²) in [5, 5.41) is 35.5. The minimum Gasteiger partial charge on any atom is -0.473 e. The number of carboxylic acid groups (broad SMARTS) is 2. The summed E-state index contributed by atoms with van der Waals surface area (Å²) in [6, 6.07) is 0.305. The van der Waals surface area contributed by atoms with Crippen molar-refractivity contribution in [2.24, 2.45) is 0 Å². The molecule has 0 bridgehead atoms. The molecule has 0 aromatic rings. The van der Waals surface area contributed by atoms with E-state index in [4.69, 9.17) is 30.3 Å². The Bertz CT molecular complexity index is 319. The van der Waals surface area contributed by atoms with Gasteiger partial charge in [0.25, 0.3) is 0 Å². The summed E-state index contributed by atoms with van der Waals surface area (Å²) < 4.78 is 0. The number of carbonyl (C=O) groups is 2. The fourth-order valence-electron chi connectivity index (χ4n) is 0.613. The predicted octanol–water partition coefficient (Wildman–Crippen LogP) is 0.501. The van der Waals surface area contributed by atoms with Crippen LogP contribution in [0.15, 0.2) is 0 Å². The van der Waals surface area contributed by atoms with Gasteiger partial charge in [0, 0.05) is 17.5 Å². The summed E-state index contributed by atoms with van der Waals surface area (Å²) >= 11 is 2.47. The van der Waals surface area contributed by atoms with Crippen molar-refractivity contribution in [3.05, 3.63) is 0 Å². The molecule has 0 amide bonds. The zero-order chi connectivity index (χ0) is 14.6. The summed E-state index contributed by atoms with van der Waals surface area (Å²) in [4.78, 5) is 20.2. The molecule has 0 aromatic carbocycles. The minimum absolute atomic E-state index is 0.305. The van der Waals surface area contributed by atoms with Gasteiger partial charge in [-0.05, 0) is 37.6 Å². The molecule has 0 saturated carbocycles. The maximum absolute atomic E-state index is 9.10. The van der Waals surface area contributed by atoms with E-state index in [1.165, 1.54) is 23.5 Å². The van der Waals surface area contributed by atoms with Gasteiger partial charge in [-0.2, -0.15) is 10.5 Å². The lowest BCUT2D eigenvalue weighted by atomic mass is 10.4. The van der Waals surface area contributed by atoms with E-state index in [0.29, 0.717) is 6.04 Å². The second-order valence-electron chi connectivity index (χ2n) is 3.03. The fraction of sp³-hybridized carbons (Fsp3) is 0.556. The van der Waals surface area contributed by atoms with E-state index in [1.807, 2.05) is 29.8 Å². The molecule has 9 heteroatoms. The SMILES string of the molecule is CN(C)C(CSC#N)CSC#N.O=C(O)C(=O)O. The minimum atomic E-state index is -1.82. The lowest BCUT2D eigenvalue weighted by Crippen LogP contribution is -2.32. The van der Waals surface area contributed by atoms with E-state index in [1.54, 1.807) is 0 Å². The monoisotopic (exact) mass is 291 g/mol. The standard InChI is InChI=1S/C7H11N3S2.C2H2O4/c1-10(2)7(3-11-5-8)4-12-6-9;3-1(4)2(5)6/h7H,3-4H2,1-2H3;(H,3,4)(H,5,6). The molecule has 2 N–H and O–H groups in total. The van der Waals surface area contributed by atoms with Crippen LogP contribution >= 0.6 is 23.5 Å². The summed E-state index contributed by atoms with van der Waals surface area (Å²) in [7, 11) is 3.92. The van der Waals surface area contributed by atoms with Crippen molar-refractivity contribution in [2.45, 2.75) is 6.04 Å². The number of hydrogen-bond donors (Lipinski definition) is 2. The maximum atomic E-state index is 9.10. The van der Waals surface area contributed by atoms with Crippen LogP contribution in [0.5, 0.6) is 0 Å². The number of nitrogens with zero attached hydrogens (tertiary/aromatic N) is 3. The molecule has 0 spiro atoms. The summed E-state index contributed by atoms with van der Waals surface area (Å²) in [6.45, 7) is 0. The van der Waals surface area contributed by atoms with Gasteiger partial charge < -0.3 is 15.1 Å². The summed E-state index contributed by atoms with van der Waals surface area (Å²) in [6.07, 6.45) is 0. The molecule has 0 saturated heterocycles. The Labute approximate surface area is 113 Å². The first-order chi connectivity index (χ1) is 8.36. The van der Waals surface area contributed by atoms with Crippen molar-refractivity contribution >= 4 is 35.5 Å².